The zero-order chi connectivity index (χ0) is 29.1. The summed E-state index contributed by atoms with van der Waals surface area (Å²) in [5, 5.41) is 10.4. The van der Waals surface area contributed by atoms with Crippen molar-refractivity contribution in [3.05, 3.63) is 58.8 Å². The lowest BCUT2D eigenvalue weighted by Gasteiger charge is -2.09. The van der Waals surface area contributed by atoms with Crippen molar-refractivity contribution >= 4 is 16.9 Å². The summed E-state index contributed by atoms with van der Waals surface area (Å²) in [6, 6.07) is 13.4. The molecule has 1 aromatic heterocycles. The standard InChI is InChI=1S/C35H48O6/c1-2-3-4-5-6-7-8-9-10-11-12-13-14-15-16-20-23-39-34(38)27-40-29-24-30(36)35-31(37)26-32(41-33(35)25-29)28-21-18-17-19-22-28/h17-19,21-22,24-26,36H,2-16,20,23,27H2,1H3. The summed E-state index contributed by atoms with van der Waals surface area (Å²) in [7, 11) is 0. The molecule has 0 fully saturated rings. The number of aromatic hydroxyl groups is 1. The number of esters is 1. The Hall–Kier alpha value is -3.28. The van der Waals surface area contributed by atoms with Crippen LogP contribution in [-0.4, -0.2) is 24.3 Å². The summed E-state index contributed by atoms with van der Waals surface area (Å²) in [6.07, 6.45) is 20.8. The minimum atomic E-state index is -0.468. The predicted octanol–water partition coefficient (Wildman–Crippen LogP) is 9.35. The first kappa shape index (κ1) is 32.2. The van der Waals surface area contributed by atoms with Crippen LogP contribution in [0.5, 0.6) is 11.5 Å². The van der Waals surface area contributed by atoms with E-state index in [1.54, 1.807) is 0 Å². The summed E-state index contributed by atoms with van der Waals surface area (Å²) >= 11 is 0. The van der Waals surface area contributed by atoms with Gasteiger partial charge in [-0.05, 0) is 6.42 Å². The Balaban J connectivity index is 1.24. The van der Waals surface area contributed by atoms with Crippen LogP contribution in [0.25, 0.3) is 22.3 Å². The molecule has 6 nitrogen and oxygen atoms in total. The Morgan fingerprint density at radius 2 is 1.32 bits per heavy atom. The number of carbonyl (C=O) groups excluding carboxylic acids is 1. The van der Waals surface area contributed by atoms with Crippen molar-refractivity contribution in [2.24, 2.45) is 0 Å². The minimum absolute atomic E-state index is 0.0723. The van der Waals surface area contributed by atoms with Crippen molar-refractivity contribution < 1.29 is 23.8 Å². The summed E-state index contributed by atoms with van der Waals surface area (Å²) in [5.41, 5.74) is 0.579. The van der Waals surface area contributed by atoms with E-state index in [9.17, 15) is 14.7 Å². The highest BCUT2D eigenvalue weighted by Gasteiger charge is 2.14. The fourth-order valence-electron chi connectivity index (χ4n) is 5.09. The minimum Gasteiger partial charge on any atom is -0.507 e. The molecule has 2 aromatic carbocycles. The second kappa shape index (κ2) is 19.0. The molecular weight excluding hydrogens is 516 g/mol. The van der Waals surface area contributed by atoms with Crippen LogP contribution in [0.4, 0.5) is 0 Å². The summed E-state index contributed by atoms with van der Waals surface area (Å²) < 4.78 is 16.7. The van der Waals surface area contributed by atoms with Gasteiger partial charge in [0.2, 0.25) is 0 Å². The third kappa shape index (κ3) is 12.0. The smallest absolute Gasteiger partial charge is 0.344 e. The van der Waals surface area contributed by atoms with Crippen molar-refractivity contribution in [3.63, 3.8) is 0 Å². The van der Waals surface area contributed by atoms with Crippen LogP contribution in [0.3, 0.4) is 0 Å². The first-order chi connectivity index (χ1) is 20.1. The number of hydrogen-bond acceptors (Lipinski definition) is 6. The monoisotopic (exact) mass is 564 g/mol. The van der Waals surface area contributed by atoms with Crippen LogP contribution in [0, 0.1) is 0 Å². The van der Waals surface area contributed by atoms with Gasteiger partial charge in [0, 0.05) is 23.8 Å². The van der Waals surface area contributed by atoms with Gasteiger partial charge in [0.05, 0.1) is 6.61 Å². The van der Waals surface area contributed by atoms with Crippen molar-refractivity contribution in [1.82, 2.24) is 0 Å². The fraction of sp³-hybridized carbons (Fsp3) is 0.543. The van der Waals surface area contributed by atoms with Crippen LogP contribution in [-0.2, 0) is 9.53 Å². The summed E-state index contributed by atoms with van der Waals surface area (Å²) in [4.78, 5) is 24.7. The van der Waals surface area contributed by atoms with Crippen molar-refractivity contribution in [1.29, 1.82) is 0 Å². The van der Waals surface area contributed by atoms with Gasteiger partial charge in [-0.2, -0.15) is 0 Å². The first-order valence-electron chi connectivity index (χ1n) is 15.7. The van der Waals surface area contributed by atoms with Gasteiger partial charge in [-0.1, -0.05) is 134 Å². The molecule has 6 heteroatoms. The Labute approximate surface area is 245 Å². The number of ether oxygens (including phenoxy) is 2. The molecule has 0 spiro atoms. The van der Waals surface area contributed by atoms with E-state index in [-0.39, 0.29) is 34.5 Å². The third-order valence-electron chi connectivity index (χ3n) is 7.46. The van der Waals surface area contributed by atoms with Crippen molar-refractivity contribution in [2.45, 2.75) is 110 Å². The van der Waals surface area contributed by atoms with E-state index in [1.807, 2.05) is 30.3 Å². The molecule has 224 valence electrons. The molecule has 1 N–H and O–H groups in total. The summed E-state index contributed by atoms with van der Waals surface area (Å²) in [5.74, 6) is -0.113. The highest BCUT2D eigenvalue weighted by Crippen LogP contribution is 2.31. The first-order valence-corrected chi connectivity index (χ1v) is 15.7. The molecule has 0 unspecified atom stereocenters. The van der Waals surface area contributed by atoms with E-state index in [1.165, 1.54) is 108 Å². The zero-order valence-corrected chi connectivity index (χ0v) is 24.8. The quantitative estimate of drug-likeness (QED) is 0.102. The molecule has 0 amide bonds. The van der Waals surface area contributed by atoms with Gasteiger partial charge in [-0.15, -0.1) is 0 Å². The van der Waals surface area contributed by atoms with Crippen molar-refractivity contribution in [2.75, 3.05) is 13.2 Å². The van der Waals surface area contributed by atoms with Crippen LogP contribution >= 0.6 is 0 Å². The lowest BCUT2D eigenvalue weighted by atomic mass is 10.0. The molecule has 0 atom stereocenters. The number of fused-ring (bicyclic) bond motifs is 1. The molecule has 0 radical (unpaired) electrons. The predicted molar refractivity (Wildman–Crippen MR) is 166 cm³/mol. The number of rotatable bonds is 21. The van der Waals surface area contributed by atoms with E-state index in [0.29, 0.717) is 12.4 Å². The molecule has 41 heavy (non-hydrogen) atoms. The molecule has 0 aliphatic rings. The number of carbonyl (C=O) groups is 1. The molecular formula is C35H48O6. The van der Waals surface area contributed by atoms with Gasteiger partial charge in [0.15, 0.2) is 12.0 Å². The number of hydrogen-bond donors (Lipinski definition) is 1. The molecule has 0 saturated carbocycles. The number of phenols is 1. The lowest BCUT2D eigenvalue weighted by Crippen LogP contribution is -2.15. The van der Waals surface area contributed by atoms with Gasteiger partial charge >= 0.3 is 5.97 Å². The van der Waals surface area contributed by atoms with E-state index in [4.69, 9.17) is 13.9 Å². The molecule has 0 saturated heterocycles. The van der Waals surface area contributed by atoms with Gasteiger partial charge in [0.25, 0.3) is 0 Å². The average Bonchev–Trinajstić information content (AvgIpc) is 2.97. The second-order valence-corrected chi connectivity index (χ2v) is 11.0. The normalized spacial score (nSPS) is 11.1. The zero-order valence-electron chi connectivity index (χ0n) is 24.8. The Kier molecular flexibility index (Phi) is 14.9. The Bertz CT molecular complexity index is 1220. The maximum Gasteiger partial charge on any atom is 0.344 e. The van der Waals surface area contributed by atoms with E-state index >= 15 is 0 Å². The average molecular weight is 565 g/mol. The van der Waals surface area contributed by atoms with Crippen LogP contribution in [0.15, 0.2) is 57.7 Å². The van der Waals surface area contributed by atoms with E-state index in [2.05, 4.69) is 6.92 Å². The fourth-order valence-corrected chi connectivity index (χ4v) is 5.09. The molecule has 3 aromatic rings. The molecule has 1 heterocycles. The highest BCUT2D eigenvalue weighted by molar-refractivity contribution is 5.86. The molecule has 3 rings (SSSR count). The summed E-state index contributed by atoms with van der Waals surface area (Å²) in [6.45, 7) is 2.36. The lowest BCUT2D eigenvalue weighted by molar-refractivity contribution is -0.146. The topological polar surface area (TPSA) is 86.0 Å². The number of unbranched alkanes of at least 4 members (excludes halogenated alkanes) is 15. The van der Waals surface area contributed by atoms with Gasteiger partial charge in [-0.3, -0.25) is 4.79 Å². The van der Waals surface area contributed by atoms with Crippen LogP contribution in [0.1, 0.15) is 110 Å². The third-order valence-corrected chi connectivity index (χ3v) is 7.46. The Morgan fingerprint density at radius 3 is 1.90 bits per heavy atom. The maximum absolute atomic E-state index is 12.6. The Morgan fingerprint density at radius 1 is 0.756 bits per heavy atom. The number of benzene rings is 2. The number of phenolic OH excluding ortho intramolecular Hbond substituents is 1. The van der Waals surface area contributed by atoms with Crippen LogP contribution < -0.4 is 10.2 Å². The van der Waals surface area contributed by atoms with Gasteiger partial charge in [0.1, 0.15) is 28.2 Å². The van der Waals surface area contributed by atoms with Gasteiger partial charge in [-0.25, -0.2) is 4.79 Å². The van der Waals surface area contributed by atoms with Gasteiger partial charge < -0.3 is 19.0 Å². The highest BCUT2D eigenvalue weighted by atomic mass is 16.6. The van der Waals surface area contributed by atoms with E-state index in [0.717, 1.165) is 18.4 Å². The SMILES string of the molecule is CCCCCCCCCCCCCCCCCCOC(=O)COc1cc(O)c2c(=O)cc(-c3ccccc3)oc2c1. The van der Waals surface area contributed by atoms with Crippen LogP contribution in [0.2, 0.25) is 0 Å². The largest absolute Gasteiger partial charge is 0.507 e. The molecule has 0 bridgehead atoms. The van der Waals surface area contributed by atoms with E-state index < -0.39 is 5.97 Å². The maximum atomic E-state index is 12.6. The molecule has 0 aliphatic heterocycles. The molecule has 0 aliphatic carbocycles. The second-order valence-electron chi connectivity index (χ2n) is 11.0. The van der Waals surface area contributed by atoms with Crippen molar-refractivity contribution in [3.8, 4) is 22.8 Å².